The van der Waals surface area contributed by atoms with Crippen molar-refractivity contribution in [2.45, 2.75) is 18.8 Å². The maximum atomic E-state index is 11.2. The molecule has 7 heteroatoms. The third-order valence-electron chi connectivity index (χ3n) is 4.33. The van der Waals surface area contributed by atoms with Crippen LogP contribution in [0.25, 0.3) is 0 Å². The maximum absolute atomic E-state index is 11.2. The van der Waals surface area contributed by atoms with Gasteiger partial charge in [-0.3, -0.25) is 4.18 Å². The second-order valence-electron chi connectivity index (χ2n) is 5.97. The molecule has 0 amide bonds. The van der Waals surface area contributed by atoms with Crippen molar-refractivity contribution in [1.82, 2.24) is 0 Å². The lowest BCUT2D eigenvalue weighted by molar-refractivity contribution is 0.0696. The smallest absolute Gasteiger partial charge is 0.335 e. The van der Waals surface area contributed by atoms with Crippen molar-refractivity contribution in [2.75, 3.05) is 6.26 Å². The molecule has 0 saturated heterocycles. The van der Waals surface area contributed by atoms with Crippen LogP contribution in [0.5, 0.6) is 0 Å². The molecule has 4 rings (SSSR count). The van der Waals surface area contributed by atoms with Crippen molar-refractivity contribution in [3.05, 3.63) is 69.8 Å². The van der Waals surface area contributed by atoms with E-state index in [4.69, 9.17) is 14.0 Å². The molecule has 0 unspecified atom stereocenters. The minimum atomic E-state index is -3.51. The molecule has 24 heavy (non-hydrogen) atoms. The molecule has 124 valence electrons. The maximum Gasteiger partial charge on any atom is 0.335 e. The fourth-order valence-corrected chi connectivity index (χ4v) is 3.64. The van der Waals surface area contributed by atoms with Crippen molar-refractivity contribution in [2.24, 2.45) is 0 Å². The summed E-state index contributed by atoms with van der Waals surface area (Å²) >= 11 is 0. The Balaban J connectivity index is 1.70. The van der Waals surface area contributed by atoms with E-state index < -0.39 is 16.1 Å². The molecule has 2 aliphatic rings. The molecule has 2 bridgehead atoms. The van der Waals surface area contributed by atoms with Crippen LogP contribution in [0.3, 0.4) is 0 Å². The number of carbonyl (C=O) groups is 1. The summed E-state index contributed by atoms with van der Waals surface area (Å²) in [7, 11) is -3.51. The Labute approximate surface area is 138 Å². The van der Waals surface area contributed by atoms with Crippen molar-refractivity contribution < 1.29 is 27.2 Å². The van der Waals surface area contributed by atoms with Gasteiger partial charge in [-0.1, -0.05) is 24.3 Å². The Hall–Kier alpha value is -2.22. The lowest BCUT2D eigenvalue weighted by atomic mass is 9.84. The molecular weight excluding hydrogens is 332 g/mol. The lowest BCUT2D eigenvalue weighted by Crippen LogP contribution is -2.07. The molecule has 2 aromatic rings. The predicted octanol–water partition coefficient (Wildman–Crippen LogP) is 2.38. The van der Waals surface area contributed by atoms with Gasteiger partial charge in [-0.25, -0.2) is 4.79 Å². The van der Waals surface area contributed by atoms with E-state index in [-0.39, 0.29) is 24.4 Å². The Morgan fingerprint density at radius 1 is 1.08 bits per heavy atom. The lowest BCUT2D eigenvalue weighted by Gasteiger charge is -2.17. The zero-order valence-corrected chi connectivity index (χ0v) is 13.5. The van der Waals surface area contributed by atoms with Gasteiger partial charge in [-0.2, -0.15) is 8.42 Å². The van der Waals surface area contributed by atoms with Gasteiger partial charge in [0.15, 0.2) is 0 Å². The molecule has 2 atom stereocenters. The van der Waals surface area contributed by atoms with E-state index in [9.17, 15) is 13.2 Å². The average Bonchev–Trinajstić information content (AvgIpc) is 3.08. The second kappa shape index (κ2) is 5.14. The molecule has 0 aliphatic carbocycles. The number of ether oxygens (including phenoxy) is 1. The van der Waals surface area contributed by atoms with Crippen LogP contribution in [-0.4, -0.2) is 25.7 Å². The van der Waals surface area contributed by atoms with Crippen LogP contribution in [0.1, 0.15) is 50.4 Å². The number of benzene rings is 2. The highest BCUT2D eigenvalue weighted by molar-refractivity contribution is 7.85. The molecule has 2 heterocycles. The monoisotopic (exact) mass is 346 g/mol. The van der Waals surface area contributed by atoms with E-state index in [1.54, 1.807) is 18.2 Å². The Kier molecular flexibility index (Phi) is 3.28. The highest BCUT2D eigenvalue weighted by atomic mass is 32.2. The molecule has 1 N–H and O–H groups in total. The fraction of sp³-hybridized carbons (Fsp3) is 0.235. The van der Waals surface area contributed by atoms with Gasteiger partial charge in [-0.15, -0.1) is 0 Å². The van der Waals surface area contributed by atoms with Gasteiger partial charge < -0.3 is 9.84 Å². The molecule has 0 spiro atoms. The average molecular weight is 346 g/mol. The number of hydrogen-bond acceptors (Lipinski definition) is 5. The molecule has 6 nitrogen and oxygen atoms in total. The molecule has 2 aliphatic heterocycles. The summed E-state index contributed by atoms with van der Waals surface area (Å²) in [6.45, 7) is -0.0362. The fourth-order valence-electron chi connectivity index (χ4n) is 3.29. The second-order valence-corrected chi connectivity index (χ2v) is 7.62. The van der Waals surface area contributed by atoms with Gasteiger partial charge in [0.2, 0.25) is 0 Å². The van der Waals surface area contributed by atoms with Crippen LogP contribution in [-0.2, 0) is 25.6 Å². The SMILES string of the molecule is CS(=O)(=O)OCc1ccc2c(c1)[C@@H]1O[C@@H]2c2ccc(C(=O)O)cc21. The van der Waals surface area contributed by atoms with Gasteiger partial charge in [-0.05, 0) is 39.9 Å². The van der Waals surface area contributed by atoms with Gasteiger partial charge in [0, 0.05) is 0 Å². The van der Waals surface area contributed by atoms with E-state index in [0.717, 1.165) is 34.1 Å². The van der Waals surface area contributed by atoms with Gasteiger partial charge in [0.1, 0.15) is 12.2 Å². The van der Waals surface area contributed by atoms with E-state index in [1.165, 1.54) is 0 Å². The third kappa shape index (κ3) is 2.41. The normalized spacial score (nSPS) is 20.7. The summed E-state index contributed by atoms with van der Waals surface area (Å²) in [5.74, 6) is -0.976. The third-order valence-corrected chi connectivity index (χ3v) is 4.87. The Morgan fingerprint density at radius 3 is 2.38 bits per heavy atom. The van der Waals surface area contributed by atoms with Crippen LogP contribution < -0.4 is 0 Å². The first-order chi connectivity index (χ1) is 11.3. The van der Waals surface area contributed by atoms with E-state index in [1.807, 2.05) is 18.2 Å². The van der Waals surface area contributed by atoms with Crippen LogP contribution in [0.15, 0.2) is 36.4 Å². The standard InChI is InChI=1S/C17H14O6S/c1-24(20,21)22-8-9-2-4-11-13(6-9)16-14-7-10(17(18)19)3-5-12(14)15(11)23-16/h2-7,15-16H,8H2,1H3,(H,18,19)/t15-,16-/m0/s1. The minimum absolute atomic E-state index is 0.0362. The van der Waals surface area contributed by atoms with Crippen LogP contribution in [0.2, 0.25) is 0 Å². The van der Waals surface area contributed by atoms with Crippen molar-refractivity contribution in [3.8, 4) is 0 Å². The highest BCUT2D eigenvalue weighted by Crippen LogP contribution is 2.54. The van der Waals surface area contributed by atoms with Gasteiger partial charge >= 0.3 is 5.97 Å². The number of carboxylic acids is 1. The minimum Gasteiger partial charge on any atom is -0.478 e. The quantitative estimate of drug-likeness (QED) is 0.855. The first-order valence-corrected chi connectivity index (χ1v) is 9.15. The van der Waals surface area contributed by atoms with Gasteiger partial charge in [0.05, 0.1) is 18.4 Å². The summed E-state index contributed by atoms with van der Waals surface area (Å²) in [6, 6.07) is 10.6. The van der Waals surface area contributed by atoms with Crippen molar-refractivity contribution in [3.63, 3.8) is 0 Å². The zero-order chi connectivity index (χ0) is 17.1. The van der Waals surface area contributed by atoms with Crippen LogP contribution >= 0.6 is 0 Å². The van der Waals surface area contributed by atoms with E-state index >= 15 is 0 Å². The molecule has 0 aromatic heterocycles. The Bertz CT molecular complexity index is 963. The molecule has 0 fully saturated rings. The Morgan fingerprint density at radius 2 is 1.71 bits per heavy atom. The van der Waals surface area contributed by atoms with Crippen LogP contribution in [0, 0.1) is 0 Å². The first kappa shape index (κ1) is 15.3. The zero-order valence-electron chi connectivity index (χ0n) is 12.7. The summed E-state index contributed by atoms with van der Waals surface area (Å²) < 4.78 is 33.1. The number of fused-ring (bicyclic) bond motifs is 8. The molecule has 0 saturated carbocycles. The van der Waals surface area contributed by atoms with E-state index in [2.05, 4.69) is 0 Å². The van der Waals surface area contributed by atoms with Crippen LogP contribution in [0.4, 0.5) is 0 Å². The topological polar surface area (TPSA) is 89.9 Å². The summed E-state index contributed by atoms with van der Waals surface area (Å²) in [5.41, 5.74) is 4.75. The largest absolute Gasteiger partial charge is 0.478 e. The predicted molar refractivity (Wildman–Crippen MR) is 84.2 cm³/mol. The van der Waals surface area contributed by atoms with E-state index in [0.29, 0.717) is 0 Å². The molecule has 0 radical (unpaired) electrons. The number of aromatic carboxylic acids is 1. The molecule has 2 aromatic carbocycles. The van der Waals surface area contributed by atoms with Crippen molar-refractivity contribution >= 4 is 16.1 Å². The highest BCUT2D eigenvalue weighted by Gasteiger charge is 2.42. The number of rotatable bonds is 4. The van der Waals surface area contributed by atoms with Crippen molar-refractivity contribution in [1.29, 1.82) is 0 Å². The number of hydrogen-bond donors (Lipinski definition) is 1. The summed E-state index contributed by atoms with van der Waals surface area (Å²) in [6.07, 6.45) is 0.486. The summed E-state index contributed by atoms with van der Waals surface area (Å²) in [5, 5.41) is 9.16. The number of carboxylic acid groups (broad SMARTS) is 1. The molecular formula is C17H14O6S. The van der Waals surface area contributed by atoms with Gasteiger partial charge in [0.25, 0.3) is 10.1 Å². The first-order valence-electron chi connectivity index (χ1n) is 7.33. The summed E-state index contributed by atoms with van der Waals surface area (Å²) in [4.78, 5) is 11.2.